The second-order valence-electron chi connectivity index (χ2n) is 5.95. The maximum atomic E-state index is 13.3. The molecule has 0 aliphatic carbocycles. The predicted molar refractivity (Wildman–Crippen MR) is 79.2 cm³/mol. The normalized spacial score (nSPS) is 26.8. The van der Waals surface area contributed by atoms with E-state index >= 15 is 0 Å². The molecule has 0 spiro atoms. The third-order valence-electron chi connectivity index (χ3n) is 4.78. The van der Waals surface area contributed by atoms with Gasteiger partial charge in [0.1, 0.15) is 5.82 Å². The van der Waals surface area contributed by atoms with Gasteiger partial charge < -0.3 is 5.32 Å². The van der Waals surface area contributed by atoms with Gasteiger partial charge in [-0.2, -0.15) is 0 Å². The maximum absolute atomic E-state index is 13.3. The quantitative estimate of drug-likeness (QED) is 0.910. The number of piperazine rings is 1. The van der Waals surface area contributed by atoms with Crippen molar-refractivity contribution >= 4 is 0 Å². The van der Waals surface area contributed by atoms with Gasteiger partial charge in [-0.3, -0.25) is 9.80 Å². The molecule has 3 rings (SSSR count). The Morgan fingerprint density at radius 1 is 1.25 bits per heavy atom. The fourth-order valence-corrected chi connectivity index (χ4v) is 3.42. The minimum absolute atomic E-state index is 0.134. The van der Waals surface area contributed by atoms with Crippen LogP contribution < -0.4 is 5.32 Å². The summed E-state index contributed by atoms with van der Waals surface area (Å²) in [4.78, 5) is 5.07. The highest BCUT2D eigenvalue weighted by molar-refractivity contribution is 5.19. The number of rotatable bonds is 3. The van der Waals surface area contributed by atoms with Crippen LogP contribution in [0, 0.1) is 5.82 Å². The van der Waals surface area contributed by atoms with Crippen molar-refractivity contribution in [2.45, 2.75) is 25.4 Å². The summed E-state index contributed by atoms with van der Waals surface area (Å²) < 4.78 is 13.3. The first kappa shape index (κ1) is 14.0. The van der Waals surface area contributed by atoms with Crippen LogP contribution in [0.2, 0.25) is 0 Å². The van der Waals surface area contributed by atoms with Crippen molar-refractivity contribution in [3.8, 4) is 0 Å². The molecule has 2 saturated heterocycles. The second-order valence-corrected chi connectivity index (χ2v) is 5.95. The number of nitrogens with one attached hydrogen (secondary N) is 1. The molecule has 0 radical (unpaired) electrons. The zero-order valence-corrected chi connectivity index (χ0v) is 12.2. The van der Waals surface area contributed by atoms with E-state index < -0.39 is 0 Å². The van der Waals surface area contributed by atoms with Crippen LogP contribution in [-0.2, 0) is 0 Å². The zero-order valence-electron chi connectivity index (χ0n) is 12.2. The van der Waals surface area contributed by atoms with Gasteiger partial charge >= 0.3 is 0 Å². The Kier molecular flexibility index (Phi) is 4.34. The molecule has 1 aromatic rings. The van der Waals surface area contributed by atoms with Crippen LogP contribution in [0.15, 0.2) is 24.3 Å². The Labute approximate surface area is 120 Å². The van der Waals surface area contributed by atoms with E-state index in [0.29, 0.717) is 6.04 Å². The average Bonchev–Trinajstić information content (AvgIpc) is 3.01. The van der Waals surface area contributed by atoms with Gasteiger partial charge in [0.2, 0.25) is 0 Å². The minimum Gasteiger partial charge on any atom is -0.315 e. The first-order valence-electron chi connectivity index (χ1n) is 7.68. The SMILES string of the molecule is CC(c1cccc(F)c1)N1CCN(C2CCNC2)CC1. The number of nitrogens with zero attached hydrogens (tertiary/aromatic N) is 2. The van der Waals surface area contributed by atoms with Crippen LogP contribution in [0.3, 0.4) is 0 Å². The number of halogens is 1. The van der Waals surface area contributed by atoms with Crippen molar-refractivity contribution in [2.75, 3.05) is 39.3 Å². The highest BCUT2D eigenvalue weighted by Crippen LogP contribution is 2.23. The van der Waals surface area contributed by atoms with E-state index in [9.17, 15) is 4.39 Å². The van der Waals surface area contributed by atoms with Gasteiger partial charge in [-0.15, -0.1) is 0 Å². The molecule has 4 heteroatoms. The molecule has 3 nitrogen and oxygen atoms in total. The van der Waals surface area contributed by atoms with E-state index in [1.807, 2.05) is 12.1 Å². The van der Waals surface area contributed by atoms with Gasteiger partial charge in [-0.05, 0) is 37.6 Å². The molecule has 20 heavy (non-hydrogen) atoms. The molecule has 2 atom stereocenters. The van der Waals surface area contributed by atoms with E-state index in [0.717, 1.165) is 50.9 Å². The molecule has 1 N–H and O–H groups in total. The molecule has 0 saturated carbocycles. The van der Waals surface area contributed by atoms with Gasteiger partial charge in [-0.25, -0.2) is 4.39 Å². The Bertz CT molecular complexity index is 437. The van der Waals surface area contributed by atoms with Gasteiger partial charge in [0.25, 0.3) is 0 Å². The fraction of sp³-hybridized carbons (Fsp3) is 0.625. The van der Waals surface area contributed by atoms with Crippen LogP contribution in [0.1, 0.15) is 24.9 Å². The lowest BCUT2D eigenvalue weighted by Crippen LogP contribution is -2.51. The van der Waals surface area contributed by atoms with E-state index in [-0.39, 0.29) is 5.82 Å². The monoisotopic (exact) mass is 277 g/mol. The zero-order chi connectivity index (χ0) is 13.9. The van der Waals surface area contributed by atoms with E-state index in [1.165, 1.54) is 12.5 Å². The van der Waals surface area contributed by atoms with Crippen molar-refractivity contribution in [2.24, 2.45) is 0 Å². The summed E-state index contributed by atoms with van der Waals surface area (Å²) in [5.74, 6) is -0.134. The summed E-state index contributed by atoms with van der Waals surface area (Å²) in [5, 5.41) is 3.44. The van der Waals surface area contributed by atoms with Crippen molar-refractivity contribution in [3.05, 3.63) is 35.6 Å². The first-order valence-corrected chi connectivity index (χ1v) is 7.68. The molecule has 0 bridgehead atoms. The Morgan fingerprint density at radius 3 is 2.70 bits per heavy atom. The Balaban J connectivity index is 1.57. The molecule has 2 heterocycles. The molecule has 0 amide bonds. The molecule has 110 valence electrons. The molecule has 2 fully saturated rings. The van der Waals surface area contributed by atoms with Crippen molar-refractivity contribution in [3.63, 3.8) is 0 Å². The molecule has 2 aliphatic rings. The summed E-state index contributed by atoms with van der Waals surface area (Å²) in [5.41, 5.74) is 1.08. The number of hydrogen-bond acceptors (Lipinski definition) is 3. The minimum atomic E-state index is -0.134. The third kappa shape index (κ3) is 3.03. The first-order chi connectivity index (χ1) is 9.74. The van der Waals surface area contributed by atoms with Crippen molar-refractivity contribution < 1.29 is 4.39 Å². The molecule has 2 aliphatic heterocycles. The Morgan fingerprint density at radius 2 is 2.05 bits per heavy atom. The maximum Gasteiger partial charge on any atom is 0.123 e. The largest absolute Gasteiger partial charge is 0.315 e. The molecule has 1 aromatic carbocycles. The van der Waals surface area contributed by atoms with Gasteiger partial charge in [0.15, 0.2) is 0 Å². The lowest BCUT2D eigenvalue weighted by Gasteiger charge is -2.40. The Hall–Kier alpha value is -0.970. The molecule has 0 aromatic heterocycles. The van der Waals surface area contributed by atoms with Crippen molar-refractivity contribution in [1.82, 2.24) is 15.1 Å². The number of benzene rings is 1. The van der Waals surface area contributed by atoms with Crippen LogP contribution >= 0.6 is 0 Å². The summed E-state index contributed by atoms with van der Waals surface area (Å²) in [6.07, 6.45) is 1.28. The smallest absolute Gasteiger partial charge is 0.123 e. The van der Waals surface area contributed by atoms with E-state index in [2.05, 4.69) is 22.0 Å². The predicted octanol–water partition coefficient (Wildman–Crippen LogP) is 1.87. The third-order valence-corrected chi connectivity index (χ3v) is 4.78. The highest BCUT2D eigenvalue weighted by atomic mass is 19.1. The summed E-state index contributed by atoms with van der Waals surface area (Å²) in [6, 6.07) is 8.04. The lowest BCUT2D eigenvalue weighted by atomic mass is 10.1. The van der Waals surface area contributed by atoms with Gasteiger partial charge in [0, 0.05) is 44.8 Å². The summed E-state index contributed by atoms with van der Waals surface area (Å²) in [6.45, 7) is 8.89. The topological polar surface area (TPSA) is 18.5 Å². The van der Waals surface area contributed by atoms with Crippen LogP contribution in [0.5, 0.6) is 0 Å². The second kappa shape index (κ2) is 6.20. The highest BCUT2D eigenvalue weighted by Gasteiger charge is 2.27. The standard InChI is InChI=1S/C16H24FN3/c1-13(14-3-2-4-15(17)11-14)19-7-9-20(10-8-19)16-5-6-18-12-16/h2-4,11,13,16,18H,5-10,12H2,1H3. The van der Waals surface area contributed by atoms with Gasteiger partial charge in [0.05, 0.1) is 0 Å². The average molecular weight is 277 g/mol. The van der Waals surface area contributed by atoms with Crippen LogP contribution in [0.25, 0.3) is 0 Å². The summed E-state index contributed by atoms with van der Waals surface area (Å²) >= 11 is 0. The lowest BCUT2D eigenvalue weighted by molar-refractivity contribution is 0.0786. The molecular weight excluding hydrogens is 253 g/mol. The fourth-order valence-electron chi connectivity index (χ4n) is 3.42. The number of hydrogen-bond donors (Lipinski definition) is 1. The van der Waals surface area contributed by atoms with Crippen LogP contribution in [-0.4, -0.2) is 55.1 Å². The van der Waals surface area contributed by atoms with E-state index in [4.69, 9.17) is 0 Å². The van der Waals surface area contributed by atoms with E-state index in [1.54, 1.807) is 6.07 Å². The summed E-state index contributed by atoms with van der Waals surface area (Å²) in [7, 11) is 0. The molecular formula is C16H24FN3. The van der Waals surface area contributed by atoms with Crippen LogP contribution in [0.4, 0.5) is 4.39 Å². The van der Waals surface area contributed by atoms with Gasteiger partial charge in [-0.1, -0.05) is 12.1 Å². The molecule has 2 unspecified atom stereocenters. The van der Waals surface area contributed by atoms with Crippen molar-refractivity contribution in [1.29, 1.82) is 0 Å².